The lowest BCUT2D eigenvalue weighted by molar-refractivity contribution is 1.07. The lowest BCUT2D eigenvalue weighted by Gasteiger charge is -2.10. The van der Waals surface area contributed by atoms with Crippen molar-refractivity contribution in [3.05, 3.63) is 59.2 Å². The molecule has 3 rings (SSSR count). The third-order valence-corrected chi connectivity index (χ3v) is 3.81. The number of alkyl halides is 1. The second-order valence-corrected chi connectivity index (χ2v) is 5.70. The molecule has 2 aromatic rings. The average Bonchev–Trinajstić information content (AvgIpc) is 2.67. The molecule has 0 nitrogen and oxygen atoms in total. The Morgan fingerprint density at radius 3 is 2.56 bits per heavy atom. The highest BCUT2D eigenvalue weighted by molar-refractivity contribution is 9.09. The molecule has 0 bridgehead atoms. The first-order chi connectivity index (χ1) is 7.77. The minimum absolute atomic E-state index is 0.428. The Bertz CT molecular complexity index is 541. The Morgan fingerprint density at radius 1 is 1.00 bits per heavy atom. The summed E-state index contributed by atoms with van der Waals surface area (Å²) < 4.78 is 0. The molecule has 0 fully saturated rings. The molecular weight excluding hydrogens is 260 g/mol. The second kappa shape index (κ2) is 3.74. The van der Waals surface area contributed by atoms with Crippen LogP contribution in [0.2, 0.25) is 0 Å². The summed E-state index contributed by atoms with van der Waals surface area (Å²) in [7, 11) is 0. The molecule has 0 radical (unpaired) electrons. The summed E-state index contributed by atoms with van der Waals surface area (Å²) in [6.07, 6.45) is 1.08. The Hall–Kier alpha value is -1.08. The molecule has 0 heterocycles. The van der Waals surface area contributed by atoms with Crippen LogP contribution in [0.5, 0.6) is 0 Å². The van der Waals surface area contributed by atoms with Gasteiger partial charge in [0.05, 0.1) is 0 Å². The van der Waals surface area contributed by atoms with Crippen LogP contribution in [-0.4, -0.2) is 0 Å². The van der Waals surface area contributed by atoms with E-state index in [1.165, 1.54) is 27.8 Å². The standard InChI is InChI=1S/C15H13Br/c1-10(16)12-7-4-8-14-13-6-3-2-5-11(13)9-15(12)14/h2-8,10H,9H2,1H3. The molecule has 80 valence electrons. The SMILES string of the molecule is CC(Br)c1cccc2c1Cc1ccccc1-2. The van der Waals surface area contributed by atoms with Crippen LogP contribution >= 0.6 is 15.9 Å². The van der Waals surface area contributed by atoms with Crippen molar-refractivity contribution in [2.75, 3.05) is 0 Å². The van der Waals surface area contributed by atoms with Crippen LogP contribution in [0.3, 0.4) is 0 Å². The molecule has 1 heteroatoms. The summed E-state index contributed by atoms with van der Waals surface area (Å²) in [6, 6.07) is 15.3. The molecule has 0 aliphatic heterocycles. The smallest absolute Gasteiger partial charge is 0.0370 e. The Labute approximate surface area is 104 Å². The van der Waals surface area contributed by atoms with Crippen molar-refractivity contribution in [2.24, 2.45) is 0 Å². The van der Waals surface area contributed by atoms with Gasteiger partial charge < -0.3 is 0 Å². The number of hydrogen-bond acceptors (Lipinski definition) is 0. The van der Waals surface area contributed by atoms with Crippen LogP contribution in [0.15, 0.2) is 42.5 Å². The van der Waals surface area contributed by atoms with E-state index in [4.69, 9.17) is 0 Å². The predicted molar refractivity (Wildman–Crippen MR) is 72.0 cm³/mol. The number of fused-ring (bicyclic) bond motifs is 3. The first-order valence-corrected chi connectivity index (χ1v) is 6.53. The lowest BCUT2D eigenvalue weighted by Crippen LogP contribution is -1.92. The van der Waals surface area contributed by atoms with Gasteiger partial charge in [0, 0.05) is 4.83 Å². The first-order valence-electron chi connectivity index (χ1n) is 5.61. The maximum Gasteiger partial charge on any atom is 0.0370 e. The molecule has 0 spiro atoms. The summed E-state index contributed by atoms with van der Waals surface area (Å²) in [4.78, 5) is 0.428. The van der Waals surface area contributed by atoms with E-state index >= 15 is 0 Å². The highest BCUT2D eigenvalue weighted by atomic mass is 79.9. The van der Waals surface area contributed by atoms with E-state index in [0.717, 1.165) is 6.42 Å². The fourth-order valence-electron chi connectivity index (χ4n) is 2.55. The van der Waals surface area contributed by atoms with E-state index < -0.39 is 0 Å². The van der Waals surface area contributed by atoms with Gasteiger partial charge in [-0.05, 0) is 41.2 Å². The molecule has 0 amide bonds. The van der Waals surface area contributed by atoms with Crippen LogP contribution in [0.25, 0.3) is 11.1 Å². The van der Waals surface area contributed by atoms with Crippen LogP contribution < -0.4 is 0 Å². The second-order valence-electron chi connectivity index (χ2n) is 4.32. The summed E-state index contributed by atoms with van der Waals surface area (Å²) in [5.74, 6) is 0. The fraction of sp³-hybridized carbons (Fsp3) is 0.200. The summed E-state index contributed by atoms with van der Waals surface area (Å²) >= 11 is 3.68. The molecule has 1 aliphatic carbocycles. The van der Waals surface area contributed by atoms with Crippen molar-refractivity contribution < 1.29 is 0 Å². The van der Waals surface area contributed by atoms with Gasteiger partial charge in [-0.15, -0.1) is 0 Å². The summed E-state index contributed by atoms with van der Waals surface area (Å²) in [5.41, 5.74) is 7.20. The first kappa shape index (κ1) is 10.1. The molecule has 16 heavy (non-hydrogen) atoms. The highest BCUT2D eigenvalue weighted by Gasteiger charge is 2.21. The Morgan fingerprint density at radius 2 is 1.75 bits per heavy atom. The van der Waals surface area contributed by atoms with Gasteiger partial charge in [0.25, 0.3) is 0 Å². The molecule has 0 aromatic heterocycles. The molecular formula is C15H13Br. The van der Waals surface area contributed by atoms with E-state index in [9.17, 15) is 0 Å². The van der Waals surface area contributed by atoms with Crippen molar-refractivity contribution in [1.82, 2.24) is 0 Å². The zero-order valence-corrected chi connectivity index (χ0v) is 10.8. The van der Waals surface area contributed by atoms with E-state index in [1.807, 2.05) is 0 Å². The molecule has 0 saturated carbocycles. The number of rotatable bonds is 1. The van der Waals surface area contributed by atoms with Crippen LogP contribution in [0, 0.1) is 0 Å². The number of halogens is 1. The number of hydrogen-bond donors (Lipinski definition) is 0. The van der Waals surface area contributed by atoms with E-state index in [-0.39, 0.29) is 0 Å². The number of benzene rings is 2. The van der Waals surface area contributed by atoms with Crippen molar-refractivity contribution in [2.45, 2.75) is 18.2 Å². The van der Waals surface area contributed by atoms with E-state index in [2.05, 4.69) is 65.3 Å². The zero-order chi connectivity index (χ0) is 11.1. The maximum absolute atomic E-state index is 3.68. The van der Waals surface area contributed by atoms with Gasteiger partial charge in [0.2, 0.25) is 0 Å². The lowest BCUT2D eigenvalue weighted by atomic mass is 10.00. The van der Waals surface area contributed by atoms with Crippen molar-refractivity contribution in [3.8, 4) is 11.1 Å². The van der Waals surface area contributed by atoms with Crippen molar-refractivity contribution in [3.63, 3.8) is 0 Å². The maximum atomic E-state index is 3.68. The molecule has 0 saturated heterocycles. The highest BCUT2D eigenvalue weighted by Crippen LogP contribution is 2.40. The average molecular weight is 273 g/mol. The molecule has 2 aromatic carbocycles. The van der Waals surface area contributed by atoms with Crippen LogP contribution in [-0.2, 0) is 6.42 Å². The van der Waals surface area contributed by atoms with Gasteiger partial charge in [-0.1, -0.05) is 58.4 Å². The van der Waals surface area contributed by atoms with Gasteiger partial charge in [0.15, 0.2) is 0 Å². The summed E-state index contributed by atoms with van der Waals surface area (Å²) in [5, 5.41) is 0. The molecule has 1 unspecified atom stereocenters. The quantitative estimate of drug-likeness (QED) is 0.563. The Kier molecular flexibility index (Phi) is 2.36. The molecule has 1 atom stereocenters. The van der Waals surface area contributed by atoms with Gasteiger partial charge >= 0.3 is 0 Å². The monoisotopic (exact) mass is 272 g/mol. The normalized spacial score (nSPS) is 14.4. The molecule has 0 N–H and O–H groups in total. The summed E-state index contributed by atoms with van der Waals surface area (Å²) in [6.45, 7) is 2.19. The molecule has 1 aliphatic rings. The van der Waals surface area contributed by atoms with E-state index in [0.29, 0.717) is 4.83 Å². The van der Waals surface area contributed by atoms with Gasteiger partial charge in [-0.2, -0.15) is 0 Å². The van der Waals surface area contributed by atoms with E-state index in [1.54, 1.807) is 0 Å². The largest absolute Gasteiger partial charge is 0.0842 e. The van der Waals surface area contributed by atoms with Crippen molar-refractivity contribution in [1.29, 1.82) is 0 Å². The van der Waals surface area contributed by atoms with Gasteiger partial charge in [0.1, 0.15) is 0 Å². The van der Waals surface area contributed by atoms with Crippen molar-refractivity contribution >= 4 is 15.9 Å². The van der Waals surface area contributed by atoms with Crippen LogP contribution in [0.4, 0.5) is 0 Å². The van der Waals surface area contributed by atoms with Gasteiger partial charge in [-0.25, -0.2) is 0 Å². The predicted octanol–water partition coefficient (Wildman–Crippen LogP) is 4.71. The third kappa shape index (κ3) is 1.42. The van der Waals surface area contributed by atoms with Gasteiger partial charge in [-0.3, -0.25) is 0 Å². The minimum atomic E-state index is 0.428. The Balaban J connectivity index is 2.24. The zero-order valence-electron chi connectivity index (χ0n) is 9.20. The van der Waals surface area contributed by atoms with Crippen LogP contribution in [0.1, 0.15) is 28.4 Å². The third-order valence-electron chi connectivity index (χ3n) is 3.32. The fourth-order valence-corrected chi connectivity index (χ4v) is 2.98. The topological polar surface area (TPSA) is 0 Å². The minimum Gasteiger partial charge on any atom is -0.0842 e.